The predicted molar refractivity (Wildman–Crippen MR) is 62.5 cm³/mol. The molecule has 0 saturated carbocycles. The molecule has 0 spiro atoms. The number of carboxylic acid groups (broad SMARTS) is 1. The summed E-state index contributed by atoms with van der Waals surface area (Å²) in [5, 5.41) is 8.70. The Hall–Kier alpha value is -0.610. The molecule has 0 unspecified atom stereocenters. The minimum absolute atomic E-state index is 0.805. The van der Waals surface area contributed by atoms with Crippen LogP contribution in [0.1, 0.15) is 24.6 Å². The molecule has 0 amide bonds. The van der Waals surface area contributed by atoms with Crippen molar-refractivity contribution >= 4 is 38.8 Å². The highest BCUT2D eigenvalue weighted by Crippen LogP contribution is 2.30. The maximum atomic E-state index is 10.6. The number of halogens is 1. The van der Waals surface area contributed by atoms with Crippen LogP contribution in [-0.2, 0) is 4.79 Å². The Morgan fingerprint density at radius 2 is 2.36 bits per heavy atom. The topological polar surface area (TPSA) is 37.3 Å². The molecule has 0 aliphatic carbocycles. The van der Waals surface area contributed by atoms with Crippen LogP contribution >= 0.6 is 27.3 Å². The number of thiophene rings is 1. The summed E-state index contributed by atoms with van der Waals surface area (Å²) in [5.41, 5.74) is 0.899. The van der Waals surface area contributed by atoms with E-state index in [1.165, 1.54) is 6.08 Å². The molecule has 1 aromatic rings. The lowest BCUT2D eigenvalue weighted by atomic mass is 10.1. The summed E-state index contributed by atoms with van der Waals surface area (Å²) < 4.78 is 1.03. The second-order valence-corrected chi connectivity index (χ2v) is 5.32. The number of carboxylic acids is 1. The molecule has 76 valence electrons. The van der Waals surface area contributed by atoms with Gasteiger partial charge in [-0.1, -0.05) is 13.3 Å². The largest absolute Gasteiger partial charge is 0.478 e. The maximum absolute atomic E-state index is 10.6. The number of hydrogen-bond donors (Lipinski definition) is 1. The van der Waals surface area contributed by atoms with Crippen molar-refractivity contribution in [3.8, 4) is 0 Å². The van der Waals surface area contributed by atoms with Gasteiger partial charge in [0.05, 0.1) is 3.79 Å². The van der Waals surface area contributed by atoms with Crippen molar-refractivity contribution in [3.63, 3.8) is 0 Å². The van der Waals surface area contributed by atoms with Gasteiger partial charge in [-0.3, -0.25) is 0 Å². The molecule has 0 aliphatic rings. The molecule has 0 atom stereocenters. The van der Waals surface area contributed by atoms with Gasteiger partial charge < -0.3 is 5.11 Å². The van der Waals surface area contributed by atoms with Crippen LogP contribution in [0, 0.1) is 0 Å². The summed E-state index contributed by atoms with van der Waals surface area (Å²) >= 11 is 4.92. The molecule has 0 fully saturated rings. The Balaban J connectivity index is 2.93. The zero-order valence-electron chi connectivity index (χ0n) is 7.79. The van der Waals surface area contributed by atoms with Gasteiger partial charge >= 0.3 is 5.97 Å². The zero-order chi connectivity index (χ0) is 10.6. The van der Waals surface area contributed by atoms with E-state index in [-0.39, 0.29) is 0 Å². The molecule has 0 aromatic carbocycles. The number of rotatable bonds is 4. The molecule has 0 aliphatic heterocycles. The molecule has 0 saturated heterocycles. The van der Waals surface area contributed by atoms with Crippen LogP contribution in [0.5, 0.6) is 0 Å². The Labute approximate surface area is 95.4 Å². The minimum Gasteiger partial charge on any atom is -0.478 e. The van der Waals surface area contributed by atoms with E-state index in [0.29, 0.717) is 0 Å². The monoisotopic (exact) mass is 274 g/mol. The van der Waals surface area contributed by atoms with Crippen molar-refractivity contribution in [3.05, 3.63) is 26.9 Å². The fraction of sp³-hybridized carbons (Fsp3) is 0.300. The van der Waals surface area contributed by atoms with Gasteiger partial charge in [0, 0.05) is 11.0 Å². The summed E-state index contributed by atoms with van der Waals surface area (Å²) in [5.74, 6) is -0.877. The maximum Gasteiger partial charge on any atom is 0.328 e. The van der Waals surface area contributed by atoms with Gasteiger partial charge in [-0.15, -0.1) is 11.3 Å². The number of allylic oxidation sites excluding steroid dienone is 1. The first-order valence-electron chi connectivity index (χ1n) is 4.32. The smallest absolute Gasteiger partial charge is 0.328 e. The SMILES string of the molecule is CCC/C(=C\C(=O)O)c1ccc(Br)s1. The number of hydrogen-bond acceptors (Lipinski definition) is 2. The van der Waals surface area contributed by atoms with Gasteiger partial charge in [-0.2, -0.15) is 0 Å². The van der Waals surface area contributed by atoms with E-state index in [4.69, 9.17) is 5.11 Å². The fourth-order valence-electron chi connectivity index (χ4n) is 1.17. The molecule has 1 rings (SSSR count). The summed E-state index contributed by atoms with van der Waals surface area (Å²) in [6, 6.07) is 3.88. The Bertz CT molecular complexity index is 355. The molecule has 0 bridgehead atoms. The van der Waals surface area contributed by atoms with Gasteiger partial charge in [0.25, 0.3) is 0 Å². The third-order valence-electron chi connectivity index (χ3n) is 1.71. The summed E-state index contributed by atoms with van der Waals surface area (Å²) in [7, 11) is 0. The van der Waals surface area contributed by atoms with Gasteiger partial charge in [-0.05, 0) is 40.1 Å². The number of carbonyl (C=O) groups is 1. The highest BCUT2D eigenvalue weighted by molar-refractivity contribution is 9.11. The van der Waals surface area contributed by atoms with Crippen molar-refractivity contribution in [1.82, 2.24) is 0 Å². The molecular weight excluding hydrogens is 264 g/mol. The van der Waals surface area contributed by atoms with Gasteiger partial charge in [0.2, 0.25) is 0 Å². The van der Waals surface area contributed by atoms with E-state index in [1.807, 2.05) is 19.1 Å². The number of aliphatic carboxylic acids is 1. The standard InChI is InChI=1S/C10H11BrO2S/c1-2-3-7(6-10(12)13)8-4-5-9(11)14-8/h4-6H,2-3H2,1H3,(H,12,13)/b7-6+. The second-order valence-electron chi connectivity index (χ2n) is 2.86. The first kappa shape index (κ1) is 11.5. The average Bonchev–Trinajstić information content (AvgIpc) is 2.50. The van der Waals surface area contributed by atoms with Gasteiger partial charge in [-0.25, -0.2) is 4.79 Å². The molecule has 2 nitrogen and oxygen atoms in total. The van der Waals surface area contributed by atoms with Crippen molar-refractivity contribution in [2.75, 3.05) is 0 Å². The van der Waals surface area contributed by atoms with Crippen molar-refractivity contribution in [1.29, 1.82) is 0 Å². The van der Waals surface area contributed by atoms with Crippen molar-refractivity contribution < 1.29 is 9.90 Å². The predicted octanol–water partition coefficient (Wildman–Crippen LogP) is 3.78. The molecule has 0 radical (unpaired) electrons. The fourth-order valence-corrected chi connectivity index (χ4v) is 2.60. The Kier molecular flexibility index (Phi) is 4.35. The lowest BCUT2D eigenvalue weighted by molar-refractivity contribution is -0.131. The van der Waals surface area contributed by atoms with Crippen LogP contribution in [0.4, 0.5) is 0 Å². The van der Waals surface area contributed by atoms with Crippen LogP contribution in [0.25, 0.3) is 5.57 Å². The van der Waals surface area contributed by atoms with Crippen LogP contribution in [0.2, 0.25) is 0 Å². The van der Waals surface area contributed by atoms with Gasteiger partial charge in [0.1, 0.15) is 0 Å². The van der Waals surface area contributed by atoms with Crippen molar-refractivity contribution in [2.45, 2.75) is 19.8 Å². The van der Waals surface area contributed by atoms with Gasteiger partial charge in [0.15, 0.2) is 0 Å². The van der Waals surface area contributed by atoms with Crippen LogP contribution < -0.4 is 0 Å². The Morgan fingerprint density at radius 1 is 1.64 bits per heavy atom. The van der Waals surface area contributed by atoms with Crippen LogP contribution in [0.3, 0.4) is 0 Å². The zero-order valence-corrected chi connectivity index (χ0v) is 10.2. The van der Waals surface area contributed by atoms with Crippen LogP contribution in [0.15, 0.2) is 22.0 Å². The molecule has 1 N–H and O–H groups in total. The first-order chi connectivity index (χ1) is 6.63. The third kappa shape index (κ3) is 3.27. The van der Waals surface area contributed by atoms with E-state index < -0.39 is 5.97 Å². The lowest BCUT2D eigenvalue weighted by Gasteiger charge is -2.00. The highest BCUT2D eigenvalue weighted by atomic mass is 79.9. The van der Waals surface area contributed by atoms with E-state index in [1.54, 1.807) is 11.3 Å². The second kappa shape index (κ2) is 5.32. The molecule has 1 aromatic heterocycles. The summed E-state index contributed by atoms with van der Waals surface area (Å²) in [4.78, 5) is 11.6. The summed E-state index contributed by atoms with van der Waals surface area (Å²) in [6.07, 6.45) is 3.05. The molecular formula is C10H11BrO2S. The van der Waals surface area contributed by atoms with Crippen molar-refractivity contribution in [2.24, 2.45) is 0 Å². The quantitative estimate of drug-likeness (QED) is 0.849. The molecule has 1 heterocycles. The van der Waals surface area contributed by atoms with Crippen LogP contribution in [-0.4, -0.2) is 11.1 Å². The van der Waals surface area contributed by atoms with E-state index in [9.17, 15) is 4.79 Å². The Morgan fingerprint density at radius 3 is 2.79 bits per heavy atom. The highest BCUT2D eigenvalue weighted by Gasteiger charge is 2.05. The summed E-state index contributed by atoms with van der Waals surface area (Å²) in [6.45, 7) is 2.04. The lowest BCUT2D eigenvalue weighted by Crippen LogP contribution is -1.90. The molecule has 14 heavy (non-hydrogen) atoms. The van der Waals surface area contributed by atoms with E-state index in [0.717, 1.165) is 27.1 Å². The normalized spacial score (nSPS) is 11.7. The average molecular weight is 275 g/mol. The third-order valence-corrected chi connectivity index (χ3v) is 3.41. The molecule has 4 heteroatoms. The van der Waals surface area contributed by atoms with E-state index >= 15 is 0 Å². The van der Waals surface area contributed by atoms with E-state index in [2.05, 4.69) is 15.9 Å². The minimum atomic E-state index is -0.877. The first-order valence-corrected chi connectivity index (χ1v) is 5.93.